The van der Waals surface area contributed by atoms with Gasteiger partial charge in [-0.2, -0.15) is 4.98 Å². The van der Waals surface area contributed by atoms with E-state index in [1.54, 1.807) is 12.3 Å². The van der Waals surface area contributed by atoms with E-state index in [0.717, 1.165) is 31.6 Å². The number of anilines is 1. The SMILES string of the molecule is Cc1noc(C2CCCN(C(=O)c3ccoc3CN3c4ccccc4CC3C)C2)n1. The third kappa shape index (κ3) is 3.38. The Labute approximate surface area is 175 Å². The third-order valence-corrected chi connectivity index (χ3v) is 6.24. The predicted octanol–water partition coefficient (Wildman–Crippen LogP) is 3.94. The quantitative estimate of drug-likeness (QED) is 0.653. The van der Waals surface area contributed by atoms with E-state index in [1.807, 2.05) is 11.8 Å². The summed E-state index contributed by atoms with van der Waals surface area (Å²) in [5.41, 5.74) is 3.22. The average molecular weight is 406 g/mol. The Balaban J connectivity index is 1.34. The Morgan fingerprint density at radius 2 is 2.13 bits per heavy atom. The van der Waals surface area contributed by atoms with E-state index in [9.17, 15) is 4.79 Å². The van der Waals surface area contributed by atoms with Gasteiger partial charge in [0.05, 0.1) is 24.3 Å². The summed E-state index contributed by atoms with van der Waals surface area (Å²) in [4.78, 5) is 21.9. The number of aryl methyl sites for hydroxylation is 1. The summed E-state index contributed by atoms with van der Waals surface area (Å²) in [7, 11) is 0. The highest BCUT2D eigenvalue weighted by Gasteiger charge is 2.32. The summed E-state index contributed by atoms with van der Waals surface area (Å²) < 4.78 is 11.1. The molecule has 0 N–H and O–H groups in total. The first-order valence-corrected chi connectivity index (χ1v) is 10.6. The standard InChI is InChI=1S/C23H26N4O3/c1-15-12-17-6-3-4-8-20(17)27(15)14-21-19(9-11-29-21)23(28)26-10-5-7-18(13-26)22-24-16(2)25-30-22/h3-4,6,8-9,11,15,18H,5,7,10,12-14H2,1-2H3. The van der Waals surface area contributed by atoms with Crippen LogP contribution in [0.3, 0.4) is 0 Å². The van der Waals surface area contributed by atoms with Gasteiger partial charge in [0.15, 0.2) is 5.82 Å². The van der Waals surface area contributed by atoms with Crippen LogP contribution in [-0.4, -0.2) is 40.1 Å². The highest BCUT2D eigenvalue weighted by molar-refractivity contribution is 5.95. The third-order valence-electron chi connectivity index (χ3n) is 6.24. The molecule has 0 radical (unpaired) electrons. The van der Waals surface area contributed by atoms with Crippen molar-refractivity contribution in [3.63, 3.8) is 0 Å². The molecule has 3 aromatic rings. The molecule has 1 amide bonds. The van der Waals surface area contributed by atoms with Crippen molar-refractivity contribution in [2.24, 2.45) is 0 Å². The van der Waals surface area contributed by atoms with E-state index in [1.165, 1.54) is 11.3 Å². The van der Waals surface area contributed by atoms with Crippen LogP contribution in [0.5, 0.6) is 0 Å². The van der Waals surface area contributed by atoms with Crippen molar-refractivity contribution in [3.8, 4) is 0 Å². The van der Waals surface area contributed by atoms with E-state index < -0.39 is 0 Å². The molecule has 2 aliphatic heterocycles. The van der Waals surface area contributed by atoms with Crippen LogP contribution >= 0.6 is 0 Å². The van der Waals surface area contributed by atoms with E-state index >= 15 is 0 Å². The van der Waals surface area contributed by atoms with Crippen LogP contribution in [0.15, 0.2) is 45.5 Å². The minimum Gasteiger partial charge on any atom is -0.467 e. The van der Waals surface area contributed by atoms with Gasteiger partial charge >= 0.3 is 0 Å². The average Bonchev–Trinajstić information content (AvgIpc) is 3.47. The number of rotatable bonds is 4. The summed E-state index contributed by atoms with van der Waals surface area (Å²) in [6, 6.07) is 10.6. The van der Waals surface area contributed by atoms with Crippen molar-refractivity contribution >= 4 is 11.6 Å². The number of amides is 1. The molecule has 4 heterocycles. The van der Waals surface area contributed by atoms with E-state index in [2.05, 4.69) is 46.2 Å². The van der Waals surface area contributed by atoms with Crippen LogP contribution in [0.1, 0.15) is 59.1 Å². The van der Waals surface area contributed by atoms with Crippen molar-refractivity contribution in [2.45, 2.75) is 51.6 Å². The Kier molecular flexibility index (Phi) is 4.81. The van der Waals surface area contributed by atoms with Gasteiger partial charge in [-0.1, -0.05) is 23.4 Å². The summed E-state index contributed by atoms with van der Waals surface area (Å²) in [5, 5.41) is 3.90. The zero-order chi connectivity index (χ0) is 20.7. The molecule has 2 aliphatic rings. The number of likely N-dealkylation sites (tertiary alicyclic amines) is 1. The Bertz CT molecular complexity index is 1060. The van der Waals surface area contributed by atoms with Crippen molar-refractivity contribution in [1.82, 2.24) is 15.0 Å². The first kappa shape index (κ1) is 18.9. The fourth-order valence-electron chi connectivity index (χ4n) is 4.69. The number of aromatic nitrogens is 2. The number of carbonyl (C=O) groups excluding carboxylic acids is 1. The number of piperidine rings is 1. The maximum absolute atomic E-state index is 13.3. The van der Waals surface area contributed by atoms with Crippen molar-refractivity contribution in [2.75, 3.05) is 18.0 Å². The number of para-hydroxylation sites is 1. The molecule has 7 heteroatoms. The minimum atomic E-state index is 0.0137. The number of fused-ring (bicyclic) bond motifs is 1. The van der Waals surface area contributed by atoms with Crippen molar-refractivity contribution in [1.29, 1.82) is 0 Å². The highest BCUT2D eigenvalue weighted by Crippen LogP contribution is 2.34. The first-order valence-electron chi connectivity index (χ1n) is 10.6. The molecule has 0 saturated carbocycles. The highest BCUT2D eigenvalue weighted by atomic mass is 16.5. The lowest BCUT2D eigenvalue weighted by atomic mass is 9.97. The molecule has 0 spiro atoms. The number of nitrogens with zero attached hydrogens (tertiary/aromatic N) is 4. The zero-order valence-electron chi connectivity index (χ0n) is 17.4. The molecule has 7 nitrogen and oxygen atoms in total. The van der Waals surface area contributed by atoms with Crippen LogP contribution in [0.2, 0.25) is 0 Å². The lowest BCUT2D eigenvalue weighted by Crippen LogP contribution is -2.39. The largest absolute Gasteiger partial charge is 0.467 e. The van der Waals surface area contributed by atoms with Gasteiger partial charge in [0.1, 0.15) is 5.76 Å². The van der Waals surface area contributed by atoms with Gasteiger partial charge in [0, 0.05) is 24.8 Å². The number of hydrogen-bond donors (Lipinski definition) is 0. The second kappa shape index (κ2) is 7.63. The lowest BCUT2D eigenvalue weighted by Gasteiger charge is -2.31. The maximum Gasteiger partial charge on any atom is 0.257 e. The van der Waals surface area contributed by atoms with Gasteiger partial charge in [-0.25, -0.2) is 0 Å². The molecule has 5 rings (SSSR count). The van der Waals surface area contributed by atoms with Crippen LogP contribution in [0, 0.1) is 6.92 Å². The molecule has 2 atom stereocenters. The molecule has 30 heavy (non-hydrogen) atoms. The van der Waals surface area contributed by atoms with Gasteiger partial charge in [-0.3, -0.25) is 4.79 Å². The van der Waals surface area contributed by atoms with E-state index in [0.29, 0.717) is 36.4 Å². The first-order chi connectivity index (χ1) is 14.6. The van der Waals surface area contributed by atoms with E-state index in [-0.39, 0.29) is 11.8 Å². The van der Waals surface area contributed by atoms with E-state index in [4.69, 9.17) is 8.94 Å². The summed E-state index contributed by atoms with van der Waals surface area (Å²) in [5.74, 6) is 2.08. The molecule has 0 aliphatic carbocycles. The minimum absolute atomic E-state index is 0.0137. The van der Waals surface area contributed by atoms with Gasteiger partial charge in [-0.15, -0.1) is 0 Å². The van der Waals surface area contributed by atoms with Crippen LogP contribution in [-0.2, 0) is 13.0 Å². The molecule has 2 unspecified atom stereocenters. The Morgan fingerprint density at radius 1 is 1.27 bits per heavy atom. The number of carbonyl (C=O) groups is 1. The normalized spacial score (nSPS) is 21.1. The molecule has 156 valence electrons. The van der Waals surface area contributed by atoms with Crippen LogP contribution in [0.4, 0.5) is 5.69 Å². The van der Waals surface area contributed by atoms with Gasteiger partial charge in [-0.05, 0) is 50.8 Å². The number of benzene rings is 1. The summed E-state index contributed by atoms with van der Waals surface area (Å²) in [6.07, 6.45) is 4.50. The summed E-state index contributed by atoms with van der Waals surface area (Å²) >= 11 is 0. The fraction of sp³-hybridized carbons (Fsp3) is 0.435. The van der Waals surface area contributed by atoms with Gasteiger partial charge < -0.3 is 18.7 Å². The molecule has 1 saturated heterocycles. The van der Waals surface area contributed by atoms with Crippen molar-refractivity contribution in [3.05, 3.63) is 65.2 Å². The molecular formula is C23H26N4O3. The van der Waals surface area contributed by atoms with Crippen LogP contribution < -0.4 is 4.90 Å². The topological polar surface area (TPSA) is 75.6 Å². The predicted molar refractivity (Wildman–Crippen MR) is 111 cm³/mol. The molecule has 2 aromatic heterocycles. The lowest BCUT2D eigenvalue weighted by molar-refractivity contribution is 0.0693. The smallest absolute Gasteiger partial charge is 0.257 e. The fourth-order valence-corrected chi connectivity index (χ4v) is 4.69. The van der Waals surface area contributed by atoms with Crippen molar-refractivity contribution < 1.29 is 13.7 Å². The summed E-state index contributed by atoms with van der Waals surface area (Å²) in [6.45, 7) is 5.94. The second-order valence-corrected chi connectivity index (χ2v) is 8.34. The molecule has 1 fully saturated rings. The monoisotopic (exact) mass is 406 g/mol. The molecule has 0 bridgehead atoms. The van der Waals surface area contributed by atoms with Gasteiger partial charge in [0.2, 0.25) is 5.89 Å². The number of hydrogen-bond acceptors (Lipinski definition) is 6. The Morgan fingerprint density at radius 3 is 2.97 bits per heavy atom. The zero-order valence-corrected chi connectivity index (χ0v) is 17.4. The number of furan rings is 1. The second-order valence-electron chi connectivity index (χ2n) is 8.34. The maximum atomic E-state index is 13.3. The van der Waals surface area contributed by atoms with Crippen LogP contribution in [0.25, 0.3) is 0 Å². The van der Waals surface area contributed by atoms with Gasteiger partial charge in [0.25, 0.3) is 5.91 Å². The molecule has 1 aromatic carbocycles. The Hall–Kier alpha value is -3.09. The molecular weight excluding hydrogens is 380 g/mol.